The van der Waals surface area contributed by atoms with E-state index < -0.39 is 11.9 Å². The summed E-state index contributed by atoms with van der Waals surface area (Å²) in [5.74, 6) is -0.914. The summed E-state index contributed by atoms with van der Waals surface area (Å²) in [4.78, 5) is 38.2. The van der Waals surface area contributed by atoms with Crippen LogP contribution in [0.1, 0.15) is 39.4 Å². The minimum Gasteiger partial charge on any atom is -0.322 e. The van der Waals surface area contributed by atoms with E-state index in [-0.39, 0.29) is 11.8 Å². The van der Waals surface area contributed by atoms with Crippen LogP contribution >= 0.6 is 11.3 Å². The molecule has 6 nitrogen and oxygen atoms in total. The Morgan fingerprint density at radius 3 is 2.90 bits per heavy atom. The summed E-state index contributed by atoms with van der Waals surface area (Å²) in [7, 11) is 0. The lowest BCUT2D eigenvalue weighted by molar-refractivity contribution is -0.132. The summed E-state index contributed by atoms with van der Waals surface area (Å²) in [5.41, 5.74) is 0.792. The summed E-state index contributed by atoms with van der Waals surface area (Å²) in [6, 6.07) is 3.11. The quantitative estimate of drug-likeness (QED) is 0.773. The molecule has 0 radical (unpaired) electrons. The van der Waals surface area contributed by atoms with Gasteiger partial charge in [-0.15, -0.1) is 11.3 Å². The number of amides is 3. The molecule has 1 aromatic rings. The molecule has 1 aromatic heterocycles. The molecule has 7 heteroatoms. The minimum absolute atomic E-state index is 0.221. The van der Waals surface area contributed by atoms with Gasteiger partial charge in [0.25, 0.3) is 5.91 Å². The number of nitrogens with zero attached hydrogens (tertiary/aromatic N) is 2. The summed E-state index contributed by atoms with van der Waals surface area (Å²) in [6.45, 7) is 0.332. The van der Waals surface area contributed by atoms with Crippen LogP contribution in [0.5, 0.6) is 0 Å². The molecule has 0 aliphatic carbocycles. The van der Waals surface area contributed by atoms with Crippen molar-refractivity contribution in [1.82, 2.24) is 10.2 Å². The van der Waals surface area contributed by atoms with Crippen molar-refractivity contribution in [1.29, 1.82) is 5.26 Å². The van der Waals surface area contributed by atoms with Gasteiger partial charge in [-0.25, -0.2) is 0 Å². The third-order valence-corrected chi connectivity index (χ3v) is 4.61. The highest BCUT2D eigenvalue weighted by molar-refractivity contribution is 7.14. The van der Waals surface area contributed by atoms with Crippen molar-refractivity contribution in [3.05, 3.63) is 21.4 Å². The van der Waals surface area contributed by atoms with Gasteiger partial charge in [0.05, 0.1) is 4.88 Å². The summed E-state index contributed by atoms with van der Waals surface area (Å²) < 4.78 is 0. The average molecular weight is 289 g/mol. The van der Waals surface area contributed by atoms with Crippen LogP contribution in [-0.2, 0) is 16.1 Å². The lowest BCUT2D eigenvalue weighted by atomic mass is 10.1. The first-order valence-electron chi connectivity index (χ1n) is 6.27. The summed E-state index contributed by atoms with van der Waals surface area (Å²) >= 11 is 1.15. The van der Waals surface area contributed by atoms with E-state index >= 15 is 0 Å². The first-order chi connectivity index (χ1) is 9.60. The molecule has 2 aliphatic rings. The van der Waals surface area contributed by atoms with Gasteiger partial charge >= 0.3 is 0 Å². The molecule has 0 unspecified atom stereocenters. The van der Waals surface area contributed by atoms with Crippen LogP contribution < -0.4 is 5.32 Å². The fourth-order valence-electron chi connectivity index (χ4n) is 2.59. The van der Waals surface area contributed by atoms with E-state index in [1.165, 1.54) is 4.90 Å². The summed E-state index contributed by atoms with van der Waals surface area (Å²) in [6.07, 6.45) is 1.39. The van der Waals surface area contributed by atoms with Gasteiger partial charge in [-0.3, -0.25) is 19.7 Å². The number of rotatable bonds is 1. The van der Waals surface area contributed by atoms with Crippen molar-refractivity contribution in [2.75, 3.05) is 0 Å². The maximum Gasteiger partial charge on any atom is 0.265 e. The molecule has 102 valence electrons. The highest BCUT2D eigenvalue weighted by atomic mass is 32.1. The van der Waals surface area contributed by atoms with Gasteiger partial charge in [0.15, 0.2) is 0 Å². The van der Waals surface area contributed by atoms with Crippen LogP contribution in [0.2, 0.25) is 0 Å². The molecule has 1 N–H and O–H groups in total. The number of fused-ring (bicyclic) bond motifs is 1. The topological polar surface area (TPSA) is 90.3 Å². The Kier molecular flexibility index (Phi) is 3.03. The molecule has 3 rings (SSSR count). The maximum absolute atomic E-state index is 12.3. The van der Waals surface area contributed by atoms with Crippen LogP contribution in [0.25, 0.3) is 0 Å². The van der Waals surface area contributed by atoms with Gasteiger partial charge < -0.3 is 4.90 Å². The number of carbonyl (C=O) groups excluding carboxylic acids is 3. The average Bonchev–Trinajstić information content (AvgIpc) is 2.89. The Labute approximate surface area is 119 Å². The lowest BCUT2D eigenvalue weighted by Gasteiger charge is -2.24. The first kappa shape index (κ1) is 12.8. The molecule has 0 aromatic carbocycles. The van der Waals surface area contributed by atoms with Crippen molar-refractivity contribution >= 4 is 29.1 Å². The molecule has 1 saturated heterocycles. The van der Waals surface area contributed by atoms with Gasteiger partial charge in [-0.05, 0) is 24.5 Å². The molecule has 2 aliphatic heterocycles. The zero-order chi connectivity index (χ0) is 14.3. The van der Waals surface area contributed by atoms with Crippen molar-refractivity contribution < 1.29 is 14.4 Å². The SMILES string of the molecule is N#Cc1cc2c(s1)C(=O)N([C@H]1CCCC(=O)NC1=O)C2. The largest absolute Gasteiger partial charge is 0.322 e. The molecule has 1 atom stereocenters. The Morgan fingerprint density at radius 1 is 1.40 bits per heavy atom. The van der Waals surface area contributed by atoms with Crippen LogP contribution in [0, 0.1) is 11.3 Å². The second kappa shape index (κ2) is 4.72. The predicted octanol–water partition coefficient (Wildman–Crippen LogP) is 0.771. The Morgan fingerprint density at radius 2 is 2.20 bits per heavy atom. The molecule has 20 heavy (non-hydrogen) atoms. The number of imide groups is 1. The van der Waals surface area contributed by atoms with Gasteiger partial charge in [-0.1, -0.05) is 0 Å². The van der Waals surface area contributed by atoms with Crippen LogP contribution in [-0.4, -0.2) is 28.7 Å². The molecule has 3 heterocycles. The van der Waals surface area contributed by atoms with E-state index in [2.05, 4.69) is 5.32 Å². The van der Waals surface area contributed by atoms with Crippen molar-refractivity contribution in [3.8, 4) is 6.07 Å². The second-order valence-corrected chi connectivity index (χ2v) is 5.88. The third kappa shape index (κ3) is 1.98. The minimum atomic E-state index is -0.598. The van der Waals surface area contributed by atoms with Gasteiger partial charge in [0, 0.05) is 13.0 Å². The maximum atomic E-state index is 12.3. The molecular weight excluding hydrogens is 278 g/mol. The smallest absolute Gasteiger partial charge is 0.265 e. The van der Waals surface area contributed by atoms with E-state index in [1.54, 1.807) is 6.07 Å². The zero-order valence-corrected chi connectivity index (χ0v) is 11.3. The van der Waals surface area contributed by atoms with E-state index in [0.29, 0.717) is 35.6 Å². The normalized spacial score (nSPS) is 22.2. The molecule has 3 amide bonds. The molecule has 1 fully saturated rings. The number of hydrogen-bond acceptors (Lipinski definition) is 5. The molecular formula is C13H11N3O3S. The Bertz CT molecular complexity index is 658. The number of nitriles is 1. The van der Waals surface area contributed by atoms with Gasteiger partial charge in [-0.2, -0.15) is 5.26 Å². The van der Waals surface area contributed by atoms with E-state index in [0.717, 1.165) is 16.9 Å². The number of nitrogens with one attached hydrogen (secondary N) is 1. The number of carbonyl (C=O) groups is 3. The third-order valence-electron chi connectivity index (χ3n) is 3.54. The zero-order valence-electron chi connectivity index (χ0n) is 10.5. The first-order valence-corrected chi connectivity index (χ1v) is 7.09. The monoisotopic (exact) mass is 289 g/mol. The van der Waals surface area contributed by atoms with Gasteiger partial charge in [0.1, 0.15) is 17.0 Å². The fraction of sp³-hybridized carbons (Fsp3) is 0.385. The van der Waals surface area contributed by atoms with Crippen molar-refractivity contribution in [2.45, 2.75) is 31.8 Å². The van der Waals surface area contributed by atoms with Crippen LogP contribution in [0.3, 0.4) is 0 Å². The number of thiophene rings is 1. The van der Waals surface area contributed by atoms with E-state index in [4.69, 9.17) is 5.26 Å². The number of hydrogen-bond donors (Lipinski definition) is 1. The van der Waals surface area contributed by atoms with E-state index in [9.17, 15) is 14.4 Å². The highest BCUT2D eigenvalue weighted by Crippen LogP contribution is 2.33. The molecule has 0 saturated carbocycles. The van der Waals surface area contributed by atoms with Crippen LogP contribution in [0.4, 0.5) is 0 Å². The summed E-state index contributed by atoms with van der Waals surface area (Å²) in [5, 5.41) is 11.1. The van der Waals surface area contributed by atoms with E-state index in [1.807, 2.05) is 6.07 Å². The molecule has 0 bridgehead atoms. The standard InChI is InChI=1S/C13H11N3O3S/c14-5-8-4-7-6-16(13(19)11(7)20-8)9-2-1-3-10(17)15-12(9)18/h4,9H,1-3,6H2,(H,15,17,18)/t9-/m0/s1. The second-order valence-electron chi connectivity index (χ2n) is 4.83. The Hall–Kier alpha value is -2.20. The van der Waals surface area contributed by atoms with Crippen LogP contribution in [0.15, 0.2) is 6.07 Å². The lowest BCUT2D eigenvalue weighted by Crippen LogP contribution is -2.46. The fourth-order valence-corrected chi connectivity index (χ4v) is 3.51. The highest BCUT2D eigenvalue weighted by Gasteiger charge is 2.39. The predicted molar refractivity (Wildman–Crippen MR) is 69.7 cm³/mol. The van der Waals surface area contributed by atoms with Crippen molar-refractivity contribution in [3.63, 3.8) is 0 Å². The molecule has 0 spiro atoms. The van der Waals surface area contributed by atoms with Crippen molar-refractivity contribution in [2.24, 2.45) is 0 Å². The van der Waals surface area contributed by atoms with Gasteiger partial charge in [0.2, 0.25) is 11.8 Å². The Balaban J connectivity index is 1.84.